The Bertz CT molecular complexity index is 591. The molecule has 3 N–H and O–H groups in total. The second kappa shape index (κ2) is 5.84. The topological polar surface area (TPSA) is 98.0 Å². The molecule has 0 aromatic carbocycles. The maximum Gasteiger partial charge on any atom is 0.405 e. The molecule has 118 valence electrons. The van der Waals surface area contributed by atoms with Gasteiger partial charge in [-0.15, -0.1) is 0 Å². The van der Waals surface area contributed by atoms with E-state index in [9.17, 15) is 4.79 Å². The molecule has 6 heteroatoms. The van der Waals surface area contributed by atoms with Gasteiger partial charge in [0.2, 0.25) is 0 Å². The first-order valence-electron chi connectivity index (χ1n) is 7.39. The molecule has 0 bridgehead atoms. The first-order valence-corrected chi connectivity index (χ1v) is 7.39. The number of nitrogens with one attached hydrogen (secondary N) is 2. The van der Waals surface area contributed by atoms with Crippen molar-refractivity contribution in [1.29, 1.82) is 5.26 Å². The predicted molar refractivity (Wildman–Crippen MR) is 83.5 cm³/mol. The van der Waals surface area contributed by atoms with Crippen molar-refractivity contribution in [2.45, 2.75) is 39.2 Å². The van der Waals surface area contributed by atoms with Gasteiger partial charge in [-0.3, -0.25) is 0 Å². The SMILES string of the molecule is CC1(C)[C@@H](CNc2ccc(C#N)cn2)CC[C@@]1(C)NC(=O)O. The third-order valence-corrected chi connectivity index (χ3v) is 5.24. The van der Waals surface area contributed by atoms with Crippen LogP contribution in [0.3, 0.4) is 0 Å². The fourth-order valence-electron chi connectivity index (χ4n) is 3.21. The smallest absolute Gasteiger partial charge is 0.405 e. The Kier molecular flexibility index (Phi) is 4.27. The summed E-state index contributed by atoms with van der Waals surface area (Å²) in [5.74, 6) is 1.07. The summed E-state index contributed by atoms with van der Waals surface area (Å²) in [5.41, 5.74) is -0.0566. The summed E-state index contributed by atoms with van der Waals surface area (Å²) in [4.78, 5) is 15.2. The monoisotopic (exact) mass is 302 g/mol. The minimum Gasteiger partial charge on any atom is -0.465 e. The molecule has 0 aliphatic heterocycles. The van der Waals surface area contributed by atoms with Crippen molar-refractivity contribution in [2.24, 2.45) is 11.3 Å². The van der Waals surface area contributed by atoms with Crippen molar-refractivity contribution in [3.05, 3.63) is 23.9 Å². The lowest BCUT2D eigenvalue weighted by Crippen LogP contribution is -2.54. The van der Waals surface area contributed by atoms with Crippen molar-refractivity contribution in [3.8, 4) is 6.07 Å². The lowest BCUT2D eigenvalue weighted by atomic mass is 9.71. The highest BCUT2D eigenvalue weighted by atomic mass is 16.4. The highest BCUT2D eigenvalue weighted by Gasteiger charge is 2.52. The molecule has 1 aromatic heterocycles. The second-order valence-electron chi connectivity index (χ2n) is 6.64. The fraction of sp³-hybridized carbons (Fsp3) is 0.562. The van der Waals surface area contributed by atoms with E-state index < -0.39 is 11.6 Å². The predicted octanol–water partition coefficient (Wildman–Crippen LogP) is 2.83. The highest BCUT2D eigenvalue weighted by molar-refractivity contribution is 5.66. The Morgan fingerprint density at radius 3 is 2.77 bits per heavy atom. The number of nitriles is 1. The van der Waals surface area contributed by atoms with Crippen LogP contribution in [-0.4, -0.2) is 28.3 Å². The number of nitrogens with zero attached hydrogens (tertiary/aromatic N) is 2. The number of anilines is 1. The van der Waals surface area contributed by atoms with E-state index in [1.807, 2.05) is 13.0 Å². The van der Waals surface area contributed by atoms with E-state index >= 15 is 0 Å². The summed E-state index contributed by atoms with van der Waals surface area (Å²) >= 11 is 0. The van der Waals surface area contributed by atoms with Gasteiger partial charge in [0.15, 0.2) is 0 Å². The van der Waals surface area contributed by atoms with Gasteiger partial charge >= 0.3 is 6.09 Å². The van der Waals surface area contributed by atoms with Crippen molar-refractivity contribution in [2.75, 3.05) is 11.9 Å². The zero-order valence-electron chi connectivity index (χ0n) is 13.2. The third-order valence-electron chi connectivity index (χ3n) is 5.24. The molecular formula is C16H22N4O2. The number of pyridine rings is 1. The molecule has 1 aliphatic rings. The van der Waals surface area contributed by atoms with Crippen LogP contribution in [0.15, 0.2) is 18.3 Å². The number of amides is 1. The summed E-state index contributed by atoms with van der Waals surface area (Å²) in [7, 11) is 0. The second-order valence-corrected chi connectivity index (χ2v) is 6.64. The van der Waals surface area contributed by atoms with E-state index in [-0.39, 0.29) is 5.41 Å². The maximum atomic E-state index is 11.0. The summed E-state index contributed by atoms with van der Waals surface area (Å²) in [6.07, 6.45) is 2.34. The minimum atomic E-state index is -0.974. The average molecular weight is 302 g/mol. The maximum absolute atomic E-state index is 11.0. The van der Waals surface area contributed by atoms with E-state index in [0.29, 0.717) is 11.5 Å². The van der Waals surface area contributed by atoms with Gasteiger partial charge in [-0.2, -0.15) is 5.26 Å². The first-order chi connectivity index (χ1) is 10.3. The molecule has 1 saturated carbocycles. The Hall–Kier alpha value is -2.29. The zero-order chi connectivity index (χ0) is 16.4. The van der Waals surface area contributed by atoms with Crippen molar-refractivity contribution >= 4 is 11.9 Å². The van der Waals surface area contributed by atoms with Crippen LogP contribution in [0.4, 0.5) is 10.6 Å². The van der Waals surface area contributed by atoms with Crippen molar-refractivity contribution in [3.63, 3.8) is 0 Å². The number of hydrogen-bond acceptors (Lipinski definition) is 4. The standard InChI is InChI=1S/C16H22N4O2/c1-15(2)12(6-7-16(15,3)20-14(21)22)10-19-13-5-4-11(8-17)9-18-13/h4-5,9,12,20H,6-7,10H2,1-3H3,(H,18,19)(H,21,22)/t12-,16-/m1/s1. The molecule has 6 nitrogen and oxygen atoms in total. The highest BCUT2D eigenvalue weighted by Crippen LogP contribution is 2.49. The molecule has 0 spiro atoms. The molecule has 1 fully saturated rings. The quantitative estimate of drug-likeness (QED) is 0.794. The largest absolute Gasteiger partial charge is 0.465 e. The van der Waals surface area contributed by atoms with Gasteiger partial charge < -0.3 is 15.7 Å². The van der Waals surface area contributed by atoms with Crippen LogP contribution in [0, 0.1) is 22.7 Å². The normalized spacial score (nSPS) is 26.2. The molecule has 2 atom stereocenters. The summed E-state index contributed by atoms with van der Waals surface area (Å²) in [5, 5.41) is 23.8. The molecule has 0 unspecified atom stereocenters. The number of aromatic nitrogens is 1. The fourth-order valence-corrected chi connectivity index (χ4v) is 3.21. The average Bonchev–Trinajstić information content (AvgIpc) is 2.67. The van der Waals surface area contributed by atoms with Gasteiger partial charge in [-0.05, 0) is 43.2 Å². The molecule has 1 heterocycles. The van der Waals surface area contributed by atoms with Gasteiger partial charge in [-0.25, -0.2) is 9.78 Å². The van der Waals surface area contributed by atoms with Crippen LogP contribution in [0.5, 0.6) is 0 Å². The lowest BCUT2D eigenvalue weighted by molar-refractivity contribution is 0.119. The Morgan fingerprint density at radius 1 is 1.50 bits per heavy atom. The van der Waals surface area contributed by atoms with Crippen LogP contribution in [0.1, 0.15) is 39.2 Å². The molecule has 0 saturated heterocycles. The summed E-state index contributed by atoms with van der Waals surface area (Å²) in [6.45, 7) is 6.91. The molecule has 1 aromatic rings. The molecule has 0 radical (unpaired) electrons. The Labute approximate surface area is 130 Å². The van der Waals surface area contributed by atoms with E-state index in [1.54, 1.807) is 12.1 Å². The molecule has 22 heavy (non-hydrogen) atoms. The van der Waals surface area contributed by atoms with Crippen LogP contribution < -0.4 is 10.6 Å². The lowest BCUT2D eigenvalue weighted by Gasteiger charge is -2.41. The van der Waals surface area contributed by atoms with E-state index in [0.717, 1.165) is 25.2 Å². The molecule has 2 rings (SSSR count). The van der Waals surface area contributed by atoms with Gasteiger partial charge in [0, 0.05) is 18.3 Å². The van der Waals surface area contributed by atoms with Crippen LogP contribution >= 0.6 is 0 Å². The zero-order valence-corrected chi connectivity index (χ0v) is 13.2. The molecule has 1 amide bonds. The summed E-state index contributed by atoms with van der Waals surface area (Å²) in [6, 6.07) is 5.55. The van der Waals surface area contributed by atoms with E-state index in [2.05, 4.69) is 29.5 Å². The van der Waals surface area contributed by atoms with Gasteiger partial charge in [0.1, 0.15) is 11.9 Å². The third kappa shape index (κ3) is 2.98. The van der Waals surface area contributed by atoms with Crippen LogP contribution in [-0.2, 0) is 0 Å². The molecular weight excluding hydrogens is 280 g/mol. The van der Waals surface area contributed by atoms with Crippen LogP contribution in [0.2, 0.25) is 0 Å². The van der Waals surface area contributed by atoms with E-state index in [1.165, 1.54) is 6.20 Å². The van der Waals surface area contributed by atoms with Gasteiger partial charge in [-0.1, -0.05) is 13.8 Å². The number of carboxylic acid groups (broad SMARTS) is 1. The number of carbonyl (C=O) groups is 1. The number of hydrogen-bond donors (Lipinski definition) is 3. The van der Waals surface area contributed by atoms with Gasteiger partial charge in [0.25, 0.3) is 0 Å². The Balaban J connectivity index is 2.01. The van der Waals surface area contributed by atoms with Gasteiger partial charge in [0.05, 0.1) is 5.56 Å². The molecule has 1 aliphatic carbocycles. The van der Waals surface area contributed by atoms with Crippen molar-refractivity contribution in [1.82, 2.24) is 10.3 Å². The van der Waals surface area contributed by atoms with Crippen LogP contribution in [0.25, 0.3) is 0 Å². The minimum absolute atomic E-state index is 0.162. The summed E-state index contributed by atoms with van der Waals surface area (Å²) < 4.78 is 0. The van der Waals surface area contributed by atoms with Crippen molar-refractivity contribution < 1.29 is 9.90 Å². The Morgan fingerprint density at radius 2 is 2.23 bits per heavy atom. The van der Waals surface area contributed by atoms with E-state index in [4.69, 9.17) is 10.4 Å². The first kappa shape index (κ1) is 16.1. The number of rotatable bonds is 4.